The molecule has 1 aromatic heterocycles. The molecule has 0 unspecified atom stereocenters. The minimum absolute atomic E-state index is 0.344. The number of hydrogen-bond donors (Lipinski definition) is 2. The lowest BCUT2D eigenvalue weighted by Crippen LogP contribution is -2.41. The van der Waals surface area contributed by atoms with Crippen LogP contribution in [0.15, 0.2) is 18.3 Å². The van der Waals surface area contributed by atoms with E-state index in [0.717, 1.165) is 5.56 Å². The monoisotopic (exact) mass is 281 g/mol. The van der Waals surface area contributed by atoms with Crippen molar-refractivity contribution in [1.82, 2.24) is 4.98 Å². The van der Waals surface area contributed by atoms with Crippen LogP contribution in [0.5, 0.6) is 0 Å². The van der Waals surface area contributed by atoms with Crippen molar-refractivity contribution in [1.29, 1.82) is 0 Å². The highest BCUT2D eigenvalue weighted by molar-refractivity contribution is 5.65. The Labute approximate surface area is 117 Å². The Morgan fingerprint density at radius 2 is 1.95 bits per heavy atom. The summed E-state index contributed by atoms with van der Waals surface area (Å²) in [6.07, 6.45) is 0.123. The molecule has 0 saturated carbocycles. The molecule has 20 heavy (non-hydrogen) atoms. The lowest BCUT2D eigenvalue weighted by Gasteiger charge is -2.30. The highest BCUT2D eigenvalue weighted by Crippen LogP contribution is 2.44. The van der Waals surface area contributed by atoms with E-state index in [-0.39, 0.29) is 0 Å². The van der Waals surface area contributed by atoms with Crippen LogP contribution in [-0.4, -0.2) is 22.3 Å². The molecule has 1 fully saturated rings. The Morgan fingerprint density at radius 1 is 1.35 bits per heavy atom. The van der Waals surface area contributed by atoms with Gasteiger partial charge in [-0.15, -0.1) is 0 Å². The lowest BCUT2D eigenvalue weighted by molar-refractivity contribution is -0.0895. The Balaban J connectivity index is 2.14. The van der Waals surface area contributed by atoms with E-state index in [9.17, 15) is 4.79 Å². The van der Waals surface area contributed by atoms with Gasteiger partial charge in [-0.2, -0.15) is 5.48 Å². The van der Waals surface area contributed by atoms with Crippen molar-refractivity contribution >= 4 is 11.9 Å². The number of nitrogens with two attached hydrogens (primary N) is 1. The zero-order valence-corrected chi connectivity index (χ0v) is 12.0. The molecule has 0 bridgehead atoms. The van der Waals surface area contributed by atoms with Gasteiger partial charge in [-0.1, -0.05) is 0 Å². The number of hydrogen-bond acceptors (Lipinski definition) is 6. The maximum atomic E-state index is 10.5. The number of aromatic nitrogens is 1. The predicted molar refractivity (Wildman–Crippen MR) is 71.6 cm³/mol. The van der Waals surface area contributed by atoms with Crippen LogP contribution in [0.2, 0.25) is 0 Å². The molecule has 1 amide bonds. The Hall–Kier alpha value is -1.86. The van der Waals surface area contributed by atoms with Crippen molar-refractivity contribution in [3.63, 3.8) is 0 Å². The van der Waals surface area contributed by atoms with E-state index in [0.29, 0.717) is 5.82 Å². The Kier molecular flexibility index (Phi) is 3.58. The second-order valence-corrected chi connectivity index (χ2v) is 5.59. The van der Waals surface area contributed by atoms with Crippen molar-refractivity contribution in [3.05, 3.63) is 23.9 Å². The summed E-state index contributed by atoms with van der Waals surface area (Å²) in [7, 11) is 0. The van der Waals surface area contributed by atoms with Gasteiger partial charge in [-0.05, 0) is 39.8 Å². The quantitative estimate of drug-likeness (QED) is 0.824. The largest absolute Gasteiger partial charge is 0.428 e. The van der Waals surface area contributed by atoms with Crippen LogP contribution in [0, 0.1) is 0 Å². The molecule has 0 aliphatic carbocycles. The third-order valence-corrected chi connectivity index (χ3v) is 3.57. The number of amides is 1. The molecule has 1 aliphatic heterocycles. The normalized spacial score (nSPS) is 20.6. The molecule has 110 valence electrons. The molecule has 1 aromatic rings. The van der Waals surface area contributed by atoms with Crippen LogP contribution in [0.3, 0.4) is 0 Å². The van der Waals surface area contributed by atoms with Crippen LogP contribution in [0.25, 0.3) is 0 Å². The van der Waals surface area contributed by atoms with Gasteiger partial charge in [0.15, 0.2) is 12.1 Å². The van der Waals surface area contributed by atoms with Gasteiger partial charge in [-0.25, -0.2) is 9.78 Å². The summed E-state index contributed by atoms with van der Waals surface area (Å²) in [6, 6.07) is 3.45. The lowest BCUT2D eigenvalue weighted by atomic mass is 9.90. The first kappa shape index (κ1) is 14.5. The fraction of sp³-hybridized carbons (Fsp3) is 0.538. The van der Waals surface area contributed by atoms with Crippen LogP contribution in [0.1, 0.15) is 39.5 Å². The molecule has 1 aliphatic rings. The second-order valence-electron chi connectivity index (χ2n) is 5.59. The van der Waals surface area contributed by atoms with Crippen molar-refractivity contribution in [2.75, 3.05) is 5.48 Å². The average Bonchev–Trinajstić information content (AvgIpc) is 2.56. The first-order valence-corrected chi connectivity index (χ1v) is 6.25. The van der Waals surface area contributed by atoms with Crippen LogP contribution < -0.4 is 11.2 Å². The van der Waals surface area contributed by atoms with E-state index in [1.807, 2.05) is 27.7 Å². The zero-order valence-electron chi connectivity index (χ0n) is 12.0. The highest BCUT2D eigenvalue weighted by Gasteiger charge is 2.49. The fourth-order valence-corrected chi connectivity index (χ4v) is 1.73. The number of pyridine rings is 1. The van der Waals surface area contributed by atoms with E-state index in [4.69, 9.17) is 15.2 Å². The van der Waals surface area contributed by atoms with E-state index in [1.165, 1.54) is 0 Å². The predicted octanol–water partition coefficient (Wildman–Crippen LogP) is 2.11. The standard InChI is InChI=1S/C13H19N3O4/c1-12(2)13(3,4)19-10(18-12)8-5-6-15-9(7-8)16-20-11(14)17/h5-7,10H,1-4H3,(H2,14,17)(H,15,16). The van der Waals surface area contributed by atoms with E-state index in [1.54, 1.807) is 18.3 Å². The number of carbonyl (C=O) groups is 1. The molecule has 7 nitrogen and oxygen atoms in total. The molecular formula is C13H19N3O4. The maximum Gasteiger partial charge on any atom is 0.428 e. The Morgan fingerprint density at radius 3 is 2.50 bits per heavy atom. The number of anilines is 1. The molecule has 3 N–H and O–H groups in total. The van der Waals surface area contributed by atoms with Gasteiger partial charge in [0.25, 0.3) is 0 Å². The third kappa shape index (κ3) is 2.83. The highest BCUT2D eigenvalue weighted by atomic mass is 16.7. The first-order chi connectivity index (χ1) is 9.21. The smallest absolute Gasteiger partial charge is 0.339 e. The number of ether oxygens (including phenoxy) is 2. The molecule has 0 aromatic carbocycles. The average molecular weight is 281 g/mol. The van der Waals surface area contributed by atoms with Crippen molar-refractivity contribution in [3.8, 4) is 0 Å². The topological polar surface area (TPSA) is 95.7 Å². The van der Waals surface area contributed by atoms with Gasteiger partial charge in [0.1, 0.15) is 0 Å². The molecule has 0 spiro atoms. The molecular weight excluding hydrogens is 262 g/mol. The summed E-state index contributed by atoms with van der Waals surface area (Å²) in [5.74, 6) is 0.344. The van der Waals surface area contributed by atoms with Crippen molar-refractivity contribution in [2.24, 2.45) is 5.73 Å². The zero-order chi connectivity index (χ0) is 15.0. The minimum Gasteiger partial charge on any atom is -0.339 e. The second kappa shape index (κ2) is 4.92. The van der Waals surface area contributed by atoms with Crippen molar-refractivity contribution in [2.45, 2.75) is 45.2 Å². The molecule has 2 rings (SSSR count). The minimum atomic E-state index is -0.937. The molecule has 2 heterocycles. The fourth-order valence-electron chi connectivity index (χ4n) is 1.73. The maximum absolute atomic E-state index is 10.5. The molecule has 0 radical (unpaired) electrons. The van der Waals surface area contributed by atoms with Crippen molar-refractivity contribution < 1.29 is 19.1 Å². The number of nitrogens with zero attached hydrogens (tertiary/aromatic N) is 1. The molecule has 0 atom stereocenters. The van der Waals surface area contributed by atoms with E-state index >= 15 is 0 Å². The van der Waals surface area contributed by atoms with Gasteiger partial charge >= 0.3 is 6.09 Å². The van der Waals surface area contributed by atoms with Gasteiger partial charge in [0.05, 0.1) is 11.2 Å². The van der Waals surface area contributed by atoms with Crippen LogP contribution >= 0.6 is 0 Å². The molecule has 7 heteroatoms. The van der Waals surface area contributed by atoms with Crippen LogP contribution in [0.4, 0.5) is 10.6 Å². The number of rotatable bonds is 3. The summed E-state index contributed by atoms with van der Waals surface area (Å²) < 4.78 is 11.8. The third-order valence-electron chi connectivity index (χ3n) is 3.57. The van der Waals surface area contributed by atoms with E-state index < -0.39 is 23.6 Å². The number of nitrogens with one attached hydrogen (secondary N) is 1. The van der Waals surface area contributed by atoms with Crippen LogP contribution in [-0.2, 0) is 14.3 Å². The van der Waals surface area contributed by atoms with Gasteiger partial charge in [0, 0.05) is 11.8 Å². The number of primary amides is 1. The van der Waals surface area contributed by atoms with E-state index in [2.05, 4.69) is 15.3 Å². The number of carbonyl (C=O) groups excluding carboxylic acids is 1. The summed E-state index contributed by atoms with van der Waals surface area (Å²) in [6.45, 7) is 7.90. The summed E-state index contributed by atoms with van der Waals surface area (Å²) in [5, 5.41) is 0. The summed E-state index contributed by atoms with van der Waals surface area (Å²) >= 11 is 0. The molecule has 1 saturated heterocycles. The van der Waals surface area contributed by atoms with Gasteiger partial charge in [0.2, 0.25) is 0 Å². The Bertz CT molecular complexity index is 500. The van der Waals surface area contributed by atoms with Gasteiger partial charge in [-0.3, -0.25) is 0 Å². The summed E-state index contributed by atoms with van der Waals surface area (Å²) in [4.78, 5) is 19.0. The van der Waals surface area contributed by atoms with Gasteiger partial charge < -0.3 is 20.0 Å². The summed E-state index contributed by atoms with van der Waals surface area (Å²) in [5.41, 5.74) is 7.16. The first-order valence-electron chi connectivity index (χ1n) is 6.25. The SMILES string of the molecule is CC1(C)OC(c2ccnc(NOC(N)=O)c2)OC1(C)C.